The zero-order valence-electron chi connectivity index (χ0n) is 15.9. The van der Waals surface area contributed by atoms with Crippen LogP contribution >= 0.6 is 11.8 Å². The summed E-state index contributed by atoms with van der Waals surface area (Å²) in [6.07, 6.45) is 2.94. The molecule has 26 heavy (non-hydrogen) atoms. The van der Waals surface area contributed by atoms with E-state index in [1.165, 1.54) is 24.4 Å². The lowest BCUT2D eigenvalue weighted by Gasteiger charge is -2.19. The highest BCUT2D eigenvalue weighted by molar-refractivity contribution is 7.99. The van der Waals surface area contributed by atoms with Crippen molar-refractivity contribution in [1.82, 2.24) is 19.5 Å². The third-order valence-electron chi connectivity index (χ3n) is 3.31. The highest BCUT2D eigenvalue weighted by Gasteiger charge is 2.25. The van der Waals surface area contributed by atoms with Crippen molar-refractivity contribution in [1.29, 1.82) is 0 Å². The van der Waals surface area contributed by atoms with Gasteiger partial charge in [0.05, 0.1) is 10.8 Å². The smallest absolute Gasteiger partial charge is 0.312 e. The number of rotatable bonds is 5. The summed E-state index contributed by atoms with van der Waals surface area (Å²) in [5.41, 5.74) is -0.575. The Balaban J connectivity index is 2.04. The molecule has 0 fully saturated rings. The number of thioether (sulfide) groups is 1. The van der Waals surface area contributed by atoms with Crippen LogP contribution in [0.4, 0.5) is 0 Å². The van der Waals surface area contributed by atoms with Crippen LogP contribution in [0.1, 0.15) is 41.5 Å². The van der Waals surface area contributed by atoms with Gasteiger partial charge < -0.3 is 9.47 Å². The van der Waals surface area contributed by atoms with Crippen LogP contribution < -0.4 is 0 Å². The Morgan fingerprint density at radius 2 is 1.62 bits per heavy atom. The number of ether oxygens (including phenoxy) is 2. The first-order chi connectivity index (χ1) is 12.0. The maximum Gasteiger partial charge on any atom is 0.312 e. The fraction of sp³-hybridized carbons (Fsp3) is 0.588. The number of fused-ring (bicyclic) bond motifs is 1. The summed E-state index contributed by atoms with van der Waals surface area (Å²) in [5, 5.41) is 0.595. The lowest BCUT2D eigenvalue weighted by atomic mass is 9.97. The molecule has 0 spiro atoms. The van der Waals surface area contributed by atoms with Crippen molar-refractivity contribution >= 4 is 23.7 Å². The van der Waals surface area contributed by atoms with Gasteiger partial charge in [0.25, 0.3) is 0 Å². The van der Waals surface area contributed by atoms with Gasteiger partial charge in [0.1, 0.15) is 29.3 Å². The van der Waals surface area contributed by atoms with Crippen molar-refractivity contribution in [2.75, 3.05) is 5.94 Å². The fourth-order valence-corrected chi connectivity index (χ4v) is 2.44. The number of imidazole rings is 1. The minimum Gasteiger partial charge on any atom is -0.454 e. The molecule has 9 heteroatoms. The van der Waals surface area contributed by atoms with Crippen molar-refractivity contribution < 1.29 is 19.1 Å². The molecule has 0 saturated heterocycles. The summed E-state index contributed by atoms with van der Waals surface area (Å²) in [6, 6.07) is 0. The van der Waals surface area contributed by atoms with Crippen molar-refractivity contribution in [3.8, 4) is 11.5 Å². The number of carbonyl (C=O) groups excluding carboxylic acids is 2. The van der Waals surface area contributed by atoms with Gasteiger partial charge in [-0.15, -0.1) is 0 Å². The van der Waals surface area contributed by atoms with E-state index in [4.69, 9.17) is 9.47 Å². The maximum atomic E-state index is 11.9. The van der Waals surface area contributed by atoms with Crippen LogP contribution in [0.15, 0.2) is 17.7 Å². The number of esters is 2. The predicted molar refractivity (Wildman–Crippen MR) is 96.3 cm³/mol. The molecular weight excluding hydrogens is 356 g/mol. The molecule has 2 aliphatic rings. The highest BCUT2D eigenvalue weighted by Crippen LogP contribution is 2.29. The molecule has 0 aromatic heterocycles. The van der Waals surface area contributed by atoms with Gasteiger partial charge in [0, 0.05) is 0 Å². The quantitative estimate of drug-likeness (QED) is 0.338. The Morgan fingerprint density at radius 1 is 1.00 bits per heavy atom. The van der Waals surface area contributed by atoms with E-state index in [1.54, 1.807) is 46.1 Å². The zero-order valence-corrected chi connectivity index (χ0v) is 16.7. The van der Waals surface area contributed by atoms with Gasteiger partial charge in [-0.2, -0.15) is 0 Å². The number of carbonyl (C=O) groups is 2. The highest BCUT2D eigenvalue weighted by atomic mass is 32.2. The summed E-state index contributed by atoms with van der Waals surface area (Å²) < 4.78 is 12.2. The molecule has 0 saturated carbocycles. The molecule has 0 aromatic carbocycles. The maximum absolute atomic E-state index is 11.9. The van der Waals surface area contributed by atoms with E-state index in [0.717, 1.165) is 0 Å². The Labute approximate surface area is 157 Å². The molecule has 0 unspecified atom stereocenters. The van der Waals surface area contributed by atoms with Crippen molar-refractivity contribution in [2.24, 2.45) is 10.8 Å². The van der Waals surface area contributed by atoms with Crippen LogP contribution in [0.5, 0.6) is 0 Å². The van der Waals surface area contributed by atoms with Crippen molar-refractivity contribution in [3.63, 3.8) is 0 Å². The summed E-state index contributed by atoms with van der Waals surface area (Å²) in [5.74, 6) is 0.0835. The van der Waals surface area contributed by atoms with Crippen LogP contribution in [-0.2, 0) is 25.8 Å². The van der Waals surface area contributed by atoms with Gasteiger partial charge in [-0.3, -0.25) is 14.2 Å². The standard InChI is InChI=1S/C17H24N4O4S/c1-16(2,3)14(22)24-9-21-8-20-13(11-12(21)19-7-18-11)26-10-25-15(23)17(4,5)6/h7-8H,9-10H2,1-6H3. The SMILES string of the molecule is CC(C)(C)C(=O)OCSc1ncn(COC(=O)C(C)(C)C)c2ncnc1-2. The Bertz CT molecular complexity index is 761. The molecule has 0 N–H and O–H groups in total. The van der Waals surface area contributed by atoms with Crippen molar-refractivity contribution in [2.45, 2.75) is 53.3 Å². The molecule has 0 atom stereocenters. The van der Waals surface area contributed by atoms with Gasteiger partial charge in [0.2, 0.25) is 0 Å². The minimum atomic E-state index is -0.586. The summed E-state index contributed by atoms with van der Waals surface area (Å²) in [6.45, 7) is 10.7. The van der Waals surface area contributed by atoms with Crippen LogP contribution in [0.25, 0.3) is 11.5 Å². The second-order valence-corrected chi connectivity index (χ2v) is 8.73. The molecular formula is C17H24N4O4S. The van der Waals surface area contributed by atoms with E-state index >= 15 is 0 Å². The second-order valence-electron chi connectivity index (χ2n) is 7.82. The lowest BCUT2D eigenvalue weighted by molar-refractivity contribution is -0.157. The van der Waals surface area contributed by atoms with E-state index in [9.17, 15) is 9.59 Å². The van der Waals surface area contributed by atoms with Crippen molar-refractivity contribution in [3.05, 3.63) is 12.7 Å². The predicted octanol–water partition coefficient (Wildman–Crippen LogP) is 2.96. The average Bonchev–Trinajstić information content (AvgIpc) is 3.01. The van der Waals surface area contributed by atoms with E-state index in [-0.39, 0.29) is 24.6 Å². The van der Waals surface area contributed by atoms with E-state index in [2.05, 4.69) is 15.0 Å². The largest absolute Gasteiger partial charge is 0.454 e. The van der Waals surface area contributed by atoms with Gasteiger partial charge >= 0.3 is 11.9 Å². The first kappa shape index (κ1) is 20.2. The molecule has 0 aliphatic carbocycles. The van der Waals surface area contributed by atoms with E-state index in [1.807, 2.05) is 0 Å². The first-order valence-electron chi connectivity index (χ1n) is 8.13. The van der Waals surface area contributed by atoms with Crippen LogP contribution in [-0.4, -0.2) is 37.4 Å². The van der Waals surface area contributed by atoms with Gasteiger partial charge in [0.15, 0.2) is 12.6 Å². The van der Waals surface area contributed by atoms with Gasteiger partial charge in [-0.1, -0.05) is 11.8 Å². The molecule has 0 bridgehead atoms. The van der Waals surface area contributed by atoms with Gasteiger partial charge in [-0.05, 0) is 41.5 Å². The molecule has 142 valence electrons. The van der Waals surface area contributed by atoms with Crippen LogP contribution in [0.2, 0.25) is 0 Å². The Morgan fingerprint density at radius 3 is 2.23 bits per heavy atom. The molecule has 8 nitrogen and oxygen atoms in total. The van der Waals surface area contributed by atoms with Gasteiger partial charge in [-0.25, -0.2) is 15.0 Å². The fourth-order valence-electron chi connectivity index (χ4n) is 1.76. The molecule has 0 amide bonds. The third-order valence-corrected chi connectivity index (χ3v) is 4.12. The normalized spacial score (nSPS) is 12.2. The number of nitrogens with zero attached hydrogens (tertiary/aromatic N) is 4. The van der Waals surface area contributed by atoms with E-state index < -0.39 is 10.8 Å². The number of hydrogen-bond donors (Lipinski definition) is 0. The number of hydrogen-bond acceptors (Lipinski definition) is 8. The van der Waals surface area contributed by atoms with E-state index in [0.29, 0.717) is 16.5 Å². The lowest BCUT2D eigenvalue weighted by Crippen LogP contribution is -2.24. The zero-order chi connectivity index (χ0) is 19.5. The Kier molecular flexibility index (Phi) is 5.90. The van der Waals surface area contributed by atoms with Crippen LogP contribution in [0.3, 0.4) is 0 Å². The third kappa shape index (κ3) is 4.94. The first-order valence-corrected chi connectivity index (χ1v) is 9.12. The molecule has 0 aromatic rings. The topological polar surface area (TPSA) is 96.2 Å². The summed E-state index contributed by atoms with van der Waals surface area (Å²) in [7, 11) is 0. The summed E-state index contributed by atoms with van der Waals surface area (Å²) in [4.78, 5) is 36.5. The minimum absolute atomic E-state index is 0.00224. The molecule has 2 heterocycles. The number of aromatic nitrogens is 4. The monoisotopic (exact) mass is 380 g/mol. The molecule has 2 aliphatic heterocycles. The summed E-state index contributed by atoms with van der Waals surface area (Å²) >= 11 is 1.26. The van der Waals surface area contributed by atoms with Crippen LogP contribution in [0, 0.1) is 10.8 Å². The molecule has 2 rings (SSSR count). The second kappa shape index (κ2) is 7.61. The average molecular weight is 380 g/mol. The Hall–Kier alpha value is -2.16. The molecule has 0 radical (unpaired) electrons.